The van der Waals surface area contributed by atoms with Crippen molar-refractivity contribution >= 4 is 19.6 Å². The van der Waals surface area contributed by atoms with E-state index in [0.717, 1.165) is 11.1 Å². The van der Waals surface area contributed by atoms with Gasteiger partial charge >= 0.3 is 5.97 Å². The van der Waals surface area contributed by atoms with Crippen molar-refractivity contribution in [1.82, 2.24) is 4.90 Å². The minimum absolute atomic E-state index is 0.0472. The topological polar surface area (TPSA) is 40.5 Å². The number of likely N-dealkylation sites (N-methyl/N-ethyl adjacent to an activating group) is 1. The predicted molar refractivity (Wildman–Crippen MR) is 90.6 cm³/mol. The average Bonchev–Trinajstić information content (AvgIpc) is 2.36. The number of benzene rings is 1. The molecule has 0 unspecified atom stereocenters. The molecule has 22 heavy (non-hydrogen) atoms. The van der Waals surface area contributed by atoms with Crippen molar-refractivity contribution in [3.05, 3.63) is 41.7 Å². The largest absolute Gasteiger partial charge is 0.480 e. The molecule has 0 saturated carbocycles. The summed E-state index contributed by atoms with van der Waals surface area (Å²) in [5.74, 6) is 1.96. The van der Waals surface area contributed by atoms with Gasteiger partial charge in [0.2, 0.25) is 0 Å². The number of rotatable bonds is 5. The Kier molecular flexibility index (Phi) is 6.53. The Labute approximate surface area is 132 Å². The second-order valence-corrected chi connectivity index (χ2v) is 11.0. The van der Waals surface area contributed by atoms with Crippen molar-refractivity contribution in [3.8, 4) is 11.5 Å². The van der Waals surface area contributed by atoms with Crippen LogP contribution in [0.3, 0.4) is 0 Å². The second-order valence-electron chi connectivity index (χ2n) is 6.22. The zero-order valence-corrected chi connectivity index (χ0v) is 14.5. The third-order valence-corrected chi connectivity index (χ3v) is 3.60. The van der Waals surface area contributed by atoms with E-state index in [0.29, 0.717) is 6.54 Å². The van der Waals surface area contributed by atoms with Crippen molar-refractivity contribution in [2.45, 2.75) is 19.6 Å². The smallest absolute Gasteiger partial charge is 0.317 e. The molecule has 0 saturated heterocycles. The fourth-order valence-corrected chi connectivity index (χ4v) is 2.20. The molecular formula is C17H22FNO2Si. The summed E-state index contributed by atoms with van der Waals surface area (Å²) < 4.78 is 13.4. The van der Waals surface area contributed by atoms with Gasteiger partial charge in [-0.05, 0) is 24.7 Å². The van der Waals surface area contributed by atoms with E-state index in [1.165, 1.54) is 12.1 Å². The third-order valence-electron chi connectivity index (χ3n) is 2.72. The van der Waals surface area contributed by atoms with Crippen molar-refractivity contribution in [1.29, 1.82) is 0 Å². The van der Waals surface area contributed by atoms with Gasteiger partial charge in [0.05, 0.1) is 6.54 Å². The fourth-order valence-electron chi connectivity index (χ4n) is 1.69. The summed E-state index contributed by atoms with van der Waals surface area (Å²) in [4.78, 5) is 12.4. The number of aliphatic carboxylic acids is 1. The van der Waals surface area contributed by atoms with Gasteiger partial charge in [-0.2, -0.15) is 0 Å². The predicted octanol–water partition coefficient (Wildman–Crippen LogP) is 3.11. The van der Waals surface area contributed by atoms with Gasteiger partial charge in [0.1, 0.15) is 13.9 Å². The molecule has 0 fully saturated rings. The van der Waals surface area contributed by atoms with Crippen LogP contribution in [0.4, 0.5) is 4.39 Å². The first kappa shape index (κ1) is 18.1. The highest BCUT2D eigenvalue weighted by atomic mass is 28.3. The molecule has 0 atom stereocenters. The Bertz CT molecular complexity index is 624. The van der Waals surface area contributed by atoms with Crippen molar-refractivity contribution < 1.29 is 14.3 Å². The molecule has 0 aliphatic carbocycles. The highest BCUT2D eigenvalue weighted by Crippen LogP contribution is 2.15. The highest BCUT2D eigenvalue weighted by molar-refractivity contribution is 6.84. The minimum Gasteiger partial charge on any atom is -0.480 e. The van der Waals surface area contributed by atoms with Crippen LogP contribution >= 0.6 is 0 Å². The maximum Gasteiger partial charge on any atom is 0.317 e. The summed E-state index contributed by atoms with van der Waals surface area (Å²) in [6, 6.07) is 6.30. The molecule has 1 rings (SSSR count). The van der Waals surface area contributed by atoms with Crippen LogP contribution in [-0.2, 0) is 4.79 Å². The molecule has 0 spiro atoms. The lowest BCUT2D eigenvalue weighted by Crippen LogP contribution is -2.25. The number of carboxylic acids is 1. The molecule has 0 aliphatic rings. The molecular weight excluding hydrogens is 297 g/mol. The zero-order valence-electron chi connectivity index (χ0n) is 13.5. The first-order valence-corrected chi connectivity index (χ1v) is 10.6. The summed E-state index contributed by atoms with van der Waals surface area (Å²) in [7, 11) is 0.170. The third kappa shape index (κ3) is 7.20. The fraction of sp³-hybridized carbons (Fsp3) is 0.353. The molecule has 1 N–H and O–H groups in total. The number of carboxylic acid groups (broad SMARTS) is 1. The van der Waals surface area contributed by atoms with Crippen LogP contribution in [0.1, 0.15) is 5.56 Å². The molecule has 0 bridgehead atoms. The minimum atomic E-state index is -1.55. The van der Waals surface area contributed by atoms with Crippen LogP contribution in [0, 0.1) is 17.3 Å². The lowest BCUT2D eigenvalue weighted by atomic mass is 10.1. The van der Waals surface area contributed by atoms with Crippen LogP contribution in [0.5, 0.6) is 0 Å². The average molecular weight is 319 g/mol. The molecule has 118 valence electrons. The number of hydrogen-bond donors (Lipinski definition) is 1. The maximum atomic E-state index is 13.4. The maximum absolute atomic E-state index is 13.4. The molecule has 0 aromatic heterocycles. The van der Waals surface area contributed by atoms with Gasteiger partial charge < -0.3 is 5.11 Å². The van der Waals surface area contributed by atoms with Crippen LogP contribution in [-0.4, -0.2) is 44.2 Å². The summed E-state index contributed by atoms with van der Waals surface area (Å²) in [5, 5.41) is 8.78. The summed E-state index contributed by atoms with van der Waals surface area (Å²) >= 11 is 0. The summed E-state index contributed by atoms with van der Waals surface area (Å²) in [5.41, 5.74) is 4.72. The van der Waals surface area contributed by atoms with E-state index in [-0.39, 0.29) is 12.4 Å². The lowest BCUT2D eigenvalue weighted by Gasteiger charge is -2.12. The number of nitrogens with zero attached hydrogens (tertiary/aromatic N) is 1. The Hall–Kier alpha value is -1.90. The van der Waals surface area contributed by atoms with E-state index < -0.39 is 14.0 Å². The van der Waals surface area contributed by atoms with Crippen LogP contribution in [0.15, 0.2) is 30.3 Å². The molecule has 1 aromatic carbocycles. The van der Waals surface area contributed by atoms with Gasteiger partial charge in [-0.1, -0.05) is 43.8 Å². The Morgan fingerprint density at radius 2 is 2.09 bits per heavy atom. The highest BCUT2D eigenvalue weighted by Gasteiger charge is 2.09. The molecule has 0 aliphatic heterocycles. The monoisotopic (exact) mass is 319 g/mol. The zero-order chi connectivity index (χ0) is 16.8. The van der Waals surface area contributed by atoms with Gasteiger partial charge in [0.15, 0.2) is 0 Å². The SMILES string of the molecule is CN(CC=C(C#C[Si](C)(C)C)c1cccc(F)c1)CC(=O)O. The number of hydrogen-bond acceptors (Lipinski definition) is 2. The van der Waals surface area contributed by atoms with Gasteiger partial charge in [0, 0.05) is 12.1 Å². The molecule has 0 heterocycles. The van der Waals surface area contributed by atoms with Gasteiger partial charge in [-0.25, -0.2) is 4.39 Å². The molecule has 5 heteroatoms. The van der Waals surface area contributed by atoms with E-state index in [1.807, 2.05) is 12.1 Å². The summed E-state index contributed by atoms with van der Waals surface area (Å²) in [6.07, 6.45) is 1.85. The first-order chi connectivity index (χ1) is 10.2. The number of allylic oxidation sites excluding steroid dienone is 1. The van der Waals surface area contributed by atoms with E-state index in [1.54, 1.807) is 18.0 Å². The van der Waals surface area contributed by atoms with Gasteiger partial charge in [-0.3, -0.25) is 9.69 Å². The molecule has 0 radical (unpaired) electrons. The molecule has 1 aromatic rings. The second kappa shape index (κ2) is 7.92. The number of halogens is 1. The lowest BCUT2D eigenvalue weighted by molar-refractivity contribution is -0.137. The Morgan fingerprint density at radius 1 is 1.41 bits per heavy atom. The van der Waals surface area contributed by atoms with E-state index in [9.17, 15) is 9.18 Å². The van der Waals surface area contributed by atoms with Crippen molar-refractivity contribution in [3.63, 3.8) is 0 Å². The van der Waals surface area contributed by atoms with Crippen LogP contribution in [0.25, 0.3) is 5.57 Å². The van der Waals surface area contributed by atoms with Gasteiger partial charge in [-0.15, -0.1) is 5.54 Å². The van der Waals surface area contributed by atoms with Crippen LogP contribution in [0.2, 0.25) is 19.6 Å². The van der Waals surface area contributed by atoms with Crippen molar-refractivity contribution in [2.75, 3.05) is 20.1 Å². The van der Waals surface area contributed by atoms with Crippen LogP contribution < -0.4 is 0 Å². The van der Waals surface area contributed by atoms with E-state index in [4.69, 9.17) is 5.11 Å². The van der Waals surface area contributed by atoms with E-state index >= 15 is 0 Å². The summed E-state index contributed by atoms with van der Waals surface area (Å²) in [6.45, 7) is 6.81. The standard InChI is InChI=1S/C17H22FNO2Si/c1-19(13-17(20)21)10-8-14(9-11-22(2,3)4)15-6-5-7-16(18)12-15/h5-8,12H,10,13H2,1-4H3,(H,20,21). The first-order valence-electron chi connectivity index (χ1n) is 7.07. The Balaban J connectivity index is 3.05. The molecule has 0 amide bonds. The van der Waals surface area contributed by atoms with Crippen molar-refractivity contribution in [2.24, 2.45) is 0 Å². The number of carbonyl (C=O) groups is 1. The quantitative estimate of drug-likeness (QED) is 0.670. The Morgan fingerprint density at radius 3 is 2.64 bits per heavy atom. The van der Waals surface area contributed by atoms with E-state index in [2.05, 4.69) is 31.1 Å². The molecule has 3 nitrogen and oxygen atoms in total. The normalized spacial score (nSPS) is 12.0. The van der Waals surface area contributed by atoms with Gasteiger partial charge in [0.25, 0.3) is 0 Å².